The van der Waals surface area contributed by atoms with Crippen LogP contribution in [0.25, 0.3) is 11.4 Å². The van der Waals surface area contributed by atoms with Crippen LogP contribution in [0.15, 0.2) is 57.2 Å². The third-order valence-electron chi connectivity index (χ3n) is 3.57. The zero-order valence-electron chi connectivity index (χ0n) is 14.8. The van der Waals surface area contributed by atoms with E-state index in [-0.39, 0.29) is 11.7 Å². The quantitative estimate of drug-likeness (QED) is 0.358. The van der Waals surface area contributed by atoms with Gasteiger partial charge in [-0.25, -0.2) is 5.43 Å². The molecule has 2 heterocycles. The fourth-order valence-corrected chi connectivity index (χ4v) is 3.23. The van der Waals surface area contributed by atoms with Crippen molar-refractivity contribution in [2.24, 2.45) is 12.1 Å². The first-order chi connectivity index (χ1) is 13.0. The van der Waals surface area contributed by atoms with E-state index in [0.29, 0.717) is 10.9 Å². The maximum atomic E-state index is 12.0. The summed E-state index contributed by atoms with van der Waals surface area (Å²) in [5, 5.41) is 13.0. The van der Waals surface area contributed by atoms with Crippen LogP contribution in [0.2, 0.25) is 0 Å². The average molecular weight is 445 g/mol. The minimum Gasteiger partial charge on any atom is -0.305 e. The SMILES string of the molecule is Cc1cccc(/C=N/NC(=O)CSc2nnc(-c3ccc(Br)cc3)n2C)n1. The normalized spacial score (nSPS) is 11.1. The topological polar surface area (TPSA) is 85.1 Å². The lowest BCUT2D eigenvalue weighted by atomic mass is 10.2. The molecule has 0 saturated heterocycles. The van der Waals surface area contributed by atoms with Crippen LogP contribution in [0.4, 0.5) is 0 Å². The molecule has 0 bridgehead atoms. The van der Waals surface area contributed by atoms with Crippen LogP contribution in [0.3, 0.4) is 0 Å². The van der Waals surface area contributed by atoms with Crippen molar-refractivity contribution in [2.75, 3.05) is 5.75 Å². The first-order valence-electron chi connectivity index (χ1n) is 8.06. The zero-order valence-corrected chi connectivity index (χ0v) is 17.2. The van der Waals surface area contributed by atoms with E-state index < -0.39 is 0 Å². The number of hydrogen-bond acceptors (Lipinski definition) is 6. The van der Waals surface area contributed by atoms with E-state index in [2.05, 4.69) is 41.6 Å². The lowest BCUT2D eigenvalue weighted by Crippen LogP contribution is -2.20. The second kappa shape index (κ2) is 8.92. The highest BCUT2D eigenvalue weighted by atomic mass is 79.9. The van der Waals surface area contributed by atoms with Crippen molar-refractivity contribution in [2.45, 2.75) is 12.1 Å². The van der Waals surface area contributed by atoms with Crippen LogP contribution >= 0.6 is 27.7 Å². The van der Waals surface area contributed by atoms with Crippen LogP contribution in [-0.4, -0.2) is 37.6 Å². The van der Waals surface area contributed by atoms with Crippen molar-refractivity contribution in [3.8, 4) is 11.4 Å². The van der Waals surface area contributed by atoms with Gasteiger partial charge < -0.3 is 4.57 Å². The predicted molar refractivity (Wildman–Crippen MR) is 110 cm³/mol. The Bertz CT molecular complexity index is 970. The van der Waals surface area contributed by atoms with E-state index in [9.17, 15) is 4.79 Å². The molecule has 9 heteroatoms. The van der Waals surface area contributed by atoms with Crippen LogP contribution < -0.4 is 5.43 Å². The summed E-state index contributed by atoms with van der Waals surface area (Å²) in [7, 11) is 1.87. The number of nitrogens with zero attached hydrogens (tertiary/aromatic N) is 5. The number of hydrazone groups is 1. The fraction of sp³-hybridized carbons (Fsp3) is 0.167. The van der Waals surface area contributed by atoms with Gasteiger partial charge in [0, 0.05) is 22.8 Å². The van der Waals surface area contributed by atoms with Crippen molar-refractivity contribution < 1.29 is 4.79 Å². The molecule has 3 aromatic rings. The molecule has 1 aromatic carbocycles. The Hall–Kier alpha value is -2.52. The number of hydrogen-bond donors (Lipinski definition) is 1. The summed E-state index contributed by atoms with van der Waals surface area (Å²) < 4.78 is 2.86. The van der Waals surface area contributed by atoms with Crippen molar-refractivity contribution in [3.05, 3.63) is 58.3 Å². The van der Waals surface area contributed by atoms with E-state index in [4.69, 9.17) is 0 Å². The molecule has 0 unspecified atom stereocenters. The molecule has 27 heavy (non-hydrogen) atoms. The van der Waals surface area contributed by atoms with Crippen molar-refractivity contribution in [1.29, 1.82) is 0 Å². The highest BCUT2D eigenvalue weighted by Gasteiger charge is 2.12. The van der Waals surface area contributed by atoms with Gasteiger partial charge in [-0.2, -0.15) is 5.10 Å². The largest absolute Gasteiger partial charge is 0.305 e. The average Bonchev–Trinajstić information content (AvgIpc) is 3.01. The third-order valence-corrected chi connectivity index (χ3v) is 5.11. The van der Waals surface area contributed by atoms with E-state index in [1.165, 1.54) is 18.0 Å². The molecule has 0 spiro atoms. The molecule has 0 atom stereocenters. The number of halogens is 1. The summed E-state index contributed by atoms with van der Waals surface area (Å²) in [4.78, 5) is 16.3. The summed E-state index contributed by atoms with van der Waals surface area (Å²) in [6.45, 7) is 1.90. The molecule has 0 aliphatic carbocycles. The Labute approximate surface area is 169 Å². The number of thioether (sulfide) groups is 1. The van der Waals surface area contributed by atoms with Gasteiger partial charge in [-0.15, -0.1) is 10.2 Å². The number of aromatic nitrogens is 4. The maximum absolute atomic E-state index is 12.0. The number of pyridine rings is 1. The Balaban J connectivity index is 1.55. The summed E-state index contributed by atoms with van der Waals surface area (Å²) >= 11 is 4.72. The number of carbonyl (C=O) groups is 1. The Morgan fingerprint density at radius 1 is 1.26 bits per heavy atom. The first-order valence-corrected chi connectivity index (χ1v) is 9.84. The molecule has 0 radical (unpaired) electrons. The number of amides is 1. The molecule has 138 valence electrons. The molecule has 3 rings (SSSR count). The summed E-state index contributed by atoms with van der Waals surface area (Å²) in [5.74, 6) is 0.705. The second-order valence-electron chi connectivity index (χ2n) is 5.66. The van der Waals surface area contributed by atoms with Gasteiger partial charge in [-0.05, 0) is 31.2 Å². The van der Waals surface area contributed by atoms with Gasteiger partial charge in [0.2, 0.25) is 0 Å². The summed E-state index contributed by atoms with van der Waals surface area (Å²) in [6, 6.07) is 13.4. The van der Waals surface area contributed by atoms with Gasteiger partial charge in [-0.1, -0.05) is 45.9 Å². The molecule has 0 fully saturated rings. The molecule has 0 aliphatic rings. The van der Waals surface area contributed by atoms with Crippen LogP contribution in [0.1, 0.15) is 11.4 Å². The van der Waals surface area contributed by atoms with Gasteiger partial charge in [-0.3, -0.25) is 9.78 Å². The first kappa shape index (κ1) is 19.2. The smallest absolute Gasteiger partial charge is 0.250 e. The lowest BCUT2D eigenvalue weighted by molar-refractivity contribution is -0.118. The van der Waals surface area contributed by atoms with E-state index >= 15 is 0 Å². The van der Waals surface area contributed by atoms with Crippen LogP contribution in [0.5, 0.6) is 0 Å². The molecular weight excluding hydrogens is 428 g/mol. The van der Waals surface area contributed by atoms with Gasteiger partial charge in [0.25, 0.3) is 5.91 Å². The minimum atomic E-state index is -0.225. The van der Waals surface area contributed by atoms with Gasteiger partial charge in [0.05, 0.1) is 17.7 Å². The number of benzene rings is 1. The number of carbonyl (C=O) groups excluding carboxylic acids is 1. The Morgan fingerprint density at radius 3 is 2.78 bits per heavy atom. The van der Waals surface area contributed by atoms with E-state index in [1.54, 1.807) is 0 Å². The Morgan fingerprint density at radius 2 is 2.04 bits per heavy atom. The molecule has 0 aliphatic heterocycles. The Kier molecular flexibility index (Phi) is 6.36. The maximum Gasteiger partial charge on any atom is 0.250 e. The summed E-state index contributed by atoms with van der Waals surface area (Å²) in [6.07, 6.45) is 1.52. The third kappa shape index (κ3) is 5.24. The van der Waals surface area contributed by atoms with Crippen LogP contribution in [0, 0.1) is 6.92 Å². The van der Waals surface area contributed by atoms with Crippen molar-refractivity contribution in [3.63, 3.8) is 0 Å². The standard InChI is InChI=1S/C18H17BrN6OS/c1-12-4-3-5-15(21-12)10-20-22-16(26)11-27-18-24-23-17(25(18)2)13-6-8-14(19)9-7-13/h3-10H,11H2,1-2H3,(H,22,26)/b20-10+. The van der Waals surface area contributed by atoms with E-state index in [1.807, 2.05) is 61.0 Å². The highest BCUT2D eigenvalue weighted by Crippen LogP contribution is 2.23. The van der Waals surface area contributed by atoms with Gasteiger partial charge in [0.1, 0.15) is 0 Å². The second-order valence-corrected chi connectivity index (χ2v) is 7.52. The zero-order chi connectivity index (χ0) is 19.2. The van der Waals surface area contributed by atoms with Crippen molar-refractivity contribution in [1.82, 2.24) is 25.2 Å². The number of aryl methyl sites for hydroxylation is 1. The minimum absolute atomic E-state index is 0.185. The van der Waals surface area contributed by atoms with Crippen LogP contribution in [-0.2, 0) is 11.8 Å². The highest BCUT2D eigenvalue weighted by molar-refractivity contribution is 9.10. The van der Waals surface area contributed by atoms with Gasteiger partial charge in [0.15, 0.2) is 11.0 Å². The van der Waals surface area contributed by atoms with Gasteiger partial charge >= 0.3 is 0 Å². The molecular formula is C18H17BrN6OS. The molecule has 1 N–H and O–H groups in total. The van der Waals surface area contributed by atoms with Crippen molar-refractivity contribution >= 4 is 39.8 Å². The fourth-order valence-electron chi connectivity index (χ4n) is 2.26. The molecule has 2 aromatic heterocycles. The molecule has 0 saturated carbocycles. The summed E-state index contributed by atoms with van der Waals surface area (Å²) in [5.41, 5.74) is 5.03. The number of rotatable bonds is 6. The molecule has 1 amide bonds. The van der Waals surface area contributed by atoms with E-state index in [0.717, 1.165) is 21.6 Å². The monoisotopic (exact) mass is 444 g/mol. The lowest BCUT2D eigenvalue weighted by Gasteiger charge is -2.04. The predicted octanol–water partition coefficient (Wildman–Crippen LogP) is 3.19. The number of nitrogens with one attached hydrogen (secondary N) is 1. The molecule has 7 nitrogen and oxygen atoms in total.